The molecule has 1 aliphatic rings. The number of hydrogen-bond donors (Lipinski definition) is 1. The molecule has 1 N–H and O–H groups in total. The Balaban J connectivity index is 2.56. The van der Waals surface area contributed by atoms with Crippen molar-refractivity contribution in [1.82, 2.24) is 0 Å². The van der Waals surface area contributed by atoms with Gasteiger partial charge in [-0.25, -0.2) is 4.39 Å². The summed E-state index contributed by atoms with van der Waals surface area (Å²) in [5.74, 6) is -0.962. The van der Waals surface area contributed by atoms with Crippen molar-refractivity contribution in [2.45, 2.75) is 44.4 Å². The Morgan fingerprint density at radius 2 is 2.06 bits per heavy atom. The van der Waals surface area contributed by atoms with E-state index in [9.17, 15) is 14.3 Å². The molecule has 0 aromatic heterocycles. The van der Waals surface area contributed by atoms with E-state index in [1.54, 1.807) is 6.07 Å². The maximum atomic E-state index is 13.4. The van der Waals surface area contributed by atoms with Crippen LogP contribution in [0.5, 0.6) is 0 Å². The van der Waals surface area contributed by atoms with Gasteiger partial charge in [0.05, 0.1) is 5.41 Å². The number of halogens is 1. The normalized spacial score (nSPS) is 17.9. The van der Waals surface area contributed by atoms with Crippen molar-refractivity contribution in [3.8, 4) is 0 Å². The Labute approximate surface area is 100 Å². The maximum Gasteiger partial charge on any atom is 0.314 e. The fourth-order valence-electron chi connectivity index (χ4n) is 2.58. The van der Waals surface area contributed by atoms with Crippen LogP contribution in [0.25, 0.3) is 0 Å². The number of carboxylic acid groups (broad SMARTS) is 1. The summed E-state index contributed by atoms with van der Waals surface area (Å²) in [5.41, 5.74) is 0.779. The molecule has 1 saturated carbocycles. The summed E-state index contributed by atoms with van der Waals surface area (Å²) in [4.78, 5) is 11.5. The van der Waals surface area contributed by atoms with E-state index < -0.39 is 11.4 Å². The second kappa shape index (κ2) is 4.13. The lowest BCUT2D eigenvalue weighted by Gasteiger charge is -2.40. The first-order valence-electron chi connectivity index (χ1n) is 6.01. The molecule has 17 heavy (non-hydrogen) atoms. The molecular weight excluding hydrogens is 219 g/mol. The zero-order valence-corrected chi connectivity index (χ0v) is 10.2. The van der Waals surface area contributed by atoms with Gasteiger partial charge in [0, 0.05) is 0 Å². The third-order valence-corrected chi connectivity index (χ3v) is 3.77. The second-order valence-electron chi connectivity index (χ2n) is 5.13. The fraction of sp³-hybridized carbons (Fsp3) is 0.500. The number of carboxylic acids is 1. The summed E-state index contributed by atoms with van der Waals surface area (Å²) in [6.45, 7) is 4.01. The maximum absolute atomic E-state index is 13.4. The fourth-order valence-corrected chi connectivity index (χ4v) is 2.58. The minimum Gasteiger partial charge on any atom is -0.481 e. The molecule has 1 aromatic carbocycles. The minimum absolute atomic E-state index is 0.211. The quantitative estimate of drug-likeness (QED) is 0.872. The molecule has 0 heterocycles. The molecule has 0 bridgehead atoms. The van der Waals surface area contributed by atoms with Crippen molar-refractivity contribution < 1.29 is 14.3 Å². The van der Waals surface area contributed by atoms with E-state index in [2.05, 4.69) is 0 Å². The van der Waals surface area contributed by atoms with Crippen LogP contribution in [0.3, 0.4) is 0 Å². The smallest absolute Gasteiger partial charge is 0.314 e. The van der Waals surface area contributed by atoms with E-state index in [0.29, 0.717) is 18.4 Å². The molecule has 0 saturated heterocycles. The molecule has 1 aliphatic carbocycles. The van der Waals surface area contributed by atoms with E-state index in [4.69, 9.17) is 0 Å². The van der Waals surface area contributed by atoms with Crippen LogP contribution in [0.2, 0.25) is 0 Å². The van der Waals surface area contributed by atoms with Crippen molar-refractivity contribution in [3.63, 3.8) is 0 Å². The van der Waals surface area contributed by atoms with Crippen LogP contribution in [-0.4, -0.2) is 11.1 Å². The average Bonchev–Trinajstić information content (AvgIpc) is 2.14. The van der Waals surface area contributed by atoms with E-state index in [-0.39, 0.29) is 11.7 Å². The zero-order chi connectivity index (χ0) is 12.6. The molecule has 2 rings (SSSR count). The lowest BCUT2D eigenvalue weighted by molar-refractivity contribution is -0.147. The summed E-state index contributed by atoms with van der Waals surface area (Å²) in [6.07, 6.45) is 2.14. The van der Waals surface area contributed by atoms with E-state index in [0.717, 1.165) is 12.0 Å². The van der Waals surface area contributed by atoms with Gasteiger partial charge in [0.15, 0.2) is 0 Å². The summed E-state index contributed by atoms with van der Waals surface area (Å²) in [5, 5.41) is 9.41. The largest absolute Gasteiger partial charge is 0.481 e. The standard InChI is InChI=1S/C14H17FO2/c1-9(2)11-5-4-10(15)8-12(11)14(13(16)17)6-3-7-14/h4-5,8-9H,3,6-7H2,1-2H3,(H,16,17). The number of carbonyl (C=O) groups is 1. The monoisotopic (exact) mass is 236 g/mol. The van der Waals surface area contributed by atoms with Gasteiger partial charge in [-0.1, -0.05) is 26.3 Å². The lowest BCUT2D eigenvalue weighted by Crippen LogP contribution is -2.43. The highest BCUT2D eigenvalue weighted by atomic mass is 19.1. The van der Waals surface area contributed by atoms with Gasteiger partial charge in [0.1, 0.15) is 5.82 Å². The van der Waals surface area contributed by atoms with Crippen LogP contribution in [0.15, 0.2) is 18.2 Å². The predicted molar refractivity (Wildman–Crippen MR) is 63.7 cm³/mol. The summed E-state index contributed by atoms with van der Waals surface area (Å²) >= 11 is 0. The Morgan fingerprint density at radius 1 is 1.41 bits per heavy atom. The van der Waals surface area contributed by atoms with E-state index in [1.165, 1.54) is 12.1 Å². The highest BCUT2D eigenvalue weighted by molar-refractivity contribution is 5.83. The molecule has 0 aliphatic heterocycles. The molecule has 92 valence electrons. The van der Waals surface area contributed by atoms with Crippen LogP contribution in [-0.2, 0) is 10.2 Å². The lowest BCUT2D eigenvalue weighted by atomic mass is 9.62. The molecular formula is C14H17FO2. The highest BCUT2D eigenvalue weighted by Gasteiger charge is 2.47. The van der Waals surface area contributed by atoms with Crippen molar-refractivity contribution >= 4 is 5.97 Å². The van der Waals surface area contributed by atoms with Crippen LogP contribution in [0, 0.1) is 5.82 Å². The third kappa shape index (κ3) is 1.84. The number of rotatable bonds is 3. The molecule has 0 amide bonds. The van der Waals surface area contributed by atoms with Gasteiger partial charge in [0.2, 0.25) is 0 Å². The summed E-state index contributed by atoms with van der Waals surface area (Å²) in [6, 6.07) is 4.54. The zero-order valence-electron chi connectivity index (χ0n) is 10.2. The van der Waals surface area contributed by atoms with Gasteiger partial charge in [0.25, 0.3) is 0 Å². The molecule has 0 radical (unpaired) electrons. The predicted octanol–water partition coefficient (Wildman–Crippen LogP) is 3.46. The number of benzene rings is 1. The van der Waals surface area contributed by atoms with Crippen molar-refractivity contribution in [3.05, 3.63) is 35.1 Å². The number of hydrogen-bond acceptors (Lipinski definition) is 1. The molecule has 0 unspecified atom stereocenters. The minimum atomic E-state index is -0.846. The van der Waals surface area contributed by atoms with Gasteiger partial charge < -0.3 is 5.11 Å². The second-order valence-corrected chi connectivity index (χ2v) is 5.13. The van der Waals surface area contributed by atoms with Gasteiger partial charge in [-0.3, -0.25) is 4.79 Å². The van der Waals surface area contributed by atoms with Gasteiger partial charge in [-0.05, 0) is 42.0 Å². The highest BCUT2D eigenvalue weighted by Crippen LogP contribution is 2.46. The SMILES string of the molecule is CC(C)c1ccc(F)cc1C1(C(=O)O)CCC1. The molecule has 0 spiro atoms. The number of aliphatic carboxylic acids is 1. The van der Waals surface area contributed by atoms with Crippen LogP contribution < -0.4 is 0 Å². The van der Waals surface area contributed by atoms with Gasteiger partial charge in [-0.2, -0.15) is 0 Å². The first-order chi connectivity index (χ1) is 7.97. The Bertz CT molecular complexity index is 448. The molecule has 1 aromatic rings. The summed E-state index contributed by atoms with van der Waals surface area (Å²) < 4.78 is 13.4. The summed E-state index contributed by atoms with van der Waals surface area (Å²) in [7, 11) is 0. The van der Waals surface area contributed by atoms with E-state index >= 15 is 0 Å². The molecule has 3 heteroatoms. The van der Waals surface area contributed by atoms with Crippen LogP contribution in [0.1, 0.15) is 50.2 Å². The topological polar surface area (TPSA) is 37.3 Å². The first kappa shape index (κ1) is 12.1. The molecule has 0 atom stereocenters. The van der Waals surface area contributed by atoms with E-state index in [1.807, 2.05) is 13.8 Å². The van der Waals surface area contributed by atoms with Gasteiger partial charge >= 0.3 is 5.97 Å². The van der Waals surface area contributed by atoms with Crippen LogP contribution >= 0.6 is 0 Å². The van der Waals surface area contributed by atoms with Crippen molar-refractivity contribution in [2.24, 2.45) is 0 Å². The molecule has 2 nitrogen and oxygen atoms in total. The van der Waals surface area contributed by atoms with Crippen molar-refractivity contribution in [2.75, 3.05) is 0 Å². The third-order valence-electron chi connectivity index (χ3n) is 3.77. The first-order valence-corrected chi connectivity index (χ1v) is 6.01. The van der Waals surface area contributed by atoms with Gasteiger partial charge in [-0.15, -0.1) is 0 Å². The Hall–Kier alpha value is -1.38. The van der Waals surface area contributed by atoms with Crippen LogP contribution in [0.4, 0.5) is 4.39 Å². The Kier molecular flexibility index (Phi) is 2.94. The molecule has 1 fully saturated rings. The Morgan fingerprint density at radius 3 is 2.47 bits per heavy atom. The average molecular weight is 236 g/mol. The van der Waals surface area contributed by atoms with Crippen molar-refractivity contribution in [1.29, 1.82) is 0 Å².